The summed E-state index contributed by atoms with van der Waals surface area (Å²) in [4.78, 5) is 3.45. The molecule has 1 atom stereocenters. The van der Waals surface area contributed by atoms with Crippen LogP contribution in [0.3, 0.4) is 0 Å². The highest BCUT2D eigenvalue weighted by molar-refractivity contribution is 7.98. The van der Waals surface area contributed by atoms with E-state index in [0.29, 0.717) is 13.2 Å². The maximum absolute atomic E-state index is 9.46. The Morgan fingerprint density at radius 1 is 1.50 bits per heavy atom. The molecule has 0 amide bonds. The highest BCUT2D eigenvalue weighted by Gasteiger charge is 2.19. The fraction of sp³-hybridized carbons (Fsp3) is 0.500. The Morgan fingerprint density at radius 3 is 2.94 bits per heavy atom. The first kappa shape index (κ1) is 11.8. The molecule has 2 rings (SSSR count). The second kappa shape index (κ2) is 5.08. The molecule has 3 nitrogen and oxygen atoms in total. The van der Waals surface area contributed by atoms with Gasteiger partial charge in [0.2, 0.25) is 0 Å². The van der Waals surface area contributed by atoms with Crippen molar-refractivity contribution >= 4 is 17.4 Å². The van der Waals surface area contributed by atoms with Gasteiger partial charge in [-0.3, -0.25) is 0 Å². The Balaban J connectivity index is 2.19. The van der Waals surface area contributed by atoms with Crippen LogP contribution < -0.4 is 4.90 Å². The molecule has 0 radical (unpaired) electrons. The molecule has 0 aromatic heterocycles. The summed E-state index contributed by atoms with van der Waals surface area (Å²) in [5.41, 5.74) is 2.45. The summed E-state index contributed by atoms with van der Waals surface area (Å²) in [5, 5.41) is 9.46. The van der Waals surface area contributed by atoms with Crippen molar-refractivity contribution in [3.8, 4) is 0 Å². The fourth-order valence-electron chi connectivity index (χ4n) is 1.96. The van der Waals surface area contributed by atoms with E-state index < -0.39 is 6.29 Å². The summed E-state index contributed by atoms with van der Waals surface area (Å²) >= 11 is 1.75. The van der Waals surface area contributed by atoms with Crippen LogP contribution in [0.4, 0.5) is 5.69 Å². The lowest BCUT2D eigenvalue weighted by molar-refractivity contribution is -0.104. The minimum Gasteiger partial charge on any atom is -0.366 e. The summed E-state index contributed by atoms with van der Waals surface area (Å²) in [5.74, 6) is 0. The van der Waals surface area contributed by atoms with E-state index >= 15 is 0 Å². The average molecular weight is 239 g/mol. The van der Waals surface area contributed by atoms with Crippen LogP contribution in [0.15, 0.2) is 23.1 Å². The van der Waals surface area contributed by atoms with Crippen LogP contribution >= 0.6 is 11.8 Å². The molecule has 1 unspecified atom stereocenters. The lowest BCUT2D eigenvalue weighted by atomic mass is 10.1. The lowest BCUT2D eigenvalue weighted by Gasteiger charge is -2.33. The molecule has 1 N–H and O–H groups in total. The first-order valence-corrected chi connectivity index (χ1v) is 6.62. The van der Waals surface area contributed by atoms with Gasteiger partial charge in [0.05, 0.1) is 13.2 Å². The minimum absolute atomic E-state index is 0.555. The minimum atomic E-state index is -0.659. The van der Waals surface area contributed by atoms with E-state index in [1.807, 2.05) is 0 Å². The molecule has 1 aliphatic heterocycles. The summed E-state index contributed by atoms with van der Waals surface area (Å²) in [6.07, 6.45) is 1.42. The number of ether oxygens (including phenoxy) is 1. The second-order valence-electron chi connectivity index (χ2n) is 3.92. The molecule has 0 spiro atoms. The van der Waals surface area contributed by atoms with E-state index in [4.69, 9.17) is 4.74 Å². The molecule has 1 aromatic carbocycles. The Hall–Kier alpha value is -0.710. The van der Waals surface area contributed by atoms with Gasteiger partial charge in [-0.1, -0.05) is 0 Å². The van der Waals surface area contributed by atoms with Gasteiger partial charge >= 0.3 is 0 Å². The topological polar surface area (TPSA) is 32.7 Å². The van der Waals surface area contributed by atoms with Gasteiger partial charge in [0.1, 0.15) is 0 Å². The number of morpholine rings is 1. The third-order valence-electron chi connectivity index (χ3n) is 2.79. The molecule has 1 heterocycles. The van der Waals surface area contributed by atoms with Crippen molar-refractivity contribution in [2.45, 2.75) is 18.1 Å². The van der Waals surface area contributed by atoms with Crippen molar-refractivity contribution in [1.29, 1.82) is 0 Å². The third-order valence-corrected chi connectivity index (χ3v) is 3.52. The van der Waals surface area contributed by atoms with Gasteiger partial charge in [0.15, 0.2) is 6.29 Å². The van der Waals surface area contributed by atoms with Crippen molar-refractivity contribution in [3.05, 3.63) is 23.8 Å². The number of aryl methyl sites for hydroxylation is 1. The highest BCUT2D eigenvalue weighted by Crippen LogP contribution is 2.26. The van der Waals surface area contributed by atoms with E-state index in [-0.39, 0.29) is 0 Å². The zero-order valence-electron chi connectivity index (χ0n) is 9.64. The van der Waals surface area contributed by atoms with Crippen molar-refractivity contribution in [2.24, 2.45) is 0 Å². The molecule has 0 bridgehead atoms. The predicted octanol–water partition coefficient (Wildman–Crippen LogP) is 1.87. The second-order valence-corrected chi connectivity index (χ2v) is 4.80. The maximum Gasteiger partial charge on any atom is 0.172 e. The summed E-state index contributed by atoms with van der Waals surface area (Å²) in [6, 6.07) is 6.43. The van der Waals surface area contributed by atoms with Crippen molar-refractivity contribution < 1.29 is 9.84 Å². The molecule has 1 aromatic rings. The average Bonchev–Trinajstić information content (AvgIpc) is 2.28. The van der Waals surface area contributed by atoms with Crippen molar-refractivity contribution in [1.82, 2.24) is 0 Å². The van der Waals surface area contributed by atoms with Gasteiger partial charge in [-0.25, -0.2) is 0 Å². The molecular formula is C12H17NO2S. The number of hydrogen-bond donors (Lipinski definition) is 1. The number of benzene rings is 1. The molecular weight excluding hydrogens is 222 g/mol. The van der Waals surface area contributed by atoms with Crippen LogP contribution in [0.2, 0.25) is 0 Å². The number of rotatable bonds is 2. The van der Waals surface area contributed by atoms with Crippen molar-refractivity contribution in [2.75, 3.05) is 30.9 Å². The third kappa shape index (κ3) is 2.51. The van der Waals surface area contributed by atoms with Crippen LogP contribution in [-0.4, -0.2) is 37.3 Å². The van der Waals surface area contributed by atoms with Crippen LogP contribution in [0, 0.1) is 6.92 Å². The van der Waals surface area contributed by atoms with Crippen LogP contribution in [-0.2, 0) is 4.74 Å². The first-order chi connectivity index (χ1) is 7.70. The SMILES string of the molecule is CSc1ccc(N2CCOC(O)C2)c(C)c1. The number of nitrogens with zero attached hydrogens (tertiary/aromatic N) is 1. The fourth-order valence-corrected chi connectivity index (χ4v) is 2.46. The van der Waals surface area contributed by atoms with E-state index in [9.17, 15) is 5.11 Å². The Kier molecular flexibility index (Phi) is 3.74. The molecule has 16 heavy (non-hydrogen) atoms. The number of thioether (sulfide) groups is 1. The summed E-state index contributed by atoms with van der Waals surface area (Å²) < 4.78 is 5.12. The quantitative estimate of drug-likeness (QED) is 0.799. The van der Waals surface area contributed by atoms with Crippen LogP contribution in [0.1, 0.15) is 5.56 Å². The Bertz CT molecular complexity index is 370. The van der Waals surface area contributed by atoms with E-state index in [0.717, 1.165) is 6.54 Å². The number of aliphatic hydroxyl groups excluding tert-OH is 1. The smallest absolute Gasteiger partial charge is 0.172 e. The molecule has 1 fully saturated rings. The van der Waals surface area contributed by atoms with Crippen molar-refractivity contribution in [3.63, 3.8) is 0 Å². The van der Waals surface area contributed by atoms with E-state index in [1.165, 1.54) is 16.1 Å². The Labute approximate surface area is 100 Å². The van der Waals surface area contributed by atoms with E-state index in [2.05, 4.69) is 36.3 Å². The van der Waals surface area contributed by atoms with E-state index in [1.54, 1.807) is 11.8 Å². The molecule has 1 aliphatic rings. The number of hydrogen-bond acceptors (Lipinski definition) is 4. The largest absolute Gasteiger partial charge is 0.366 e. The van der Waals surface area contributed by atoms with Crippen LogP contribution in [0.25, 0.3) is 0 Å². The first-order valence-electron chi connectivity index (χ1n) is 5.40. The summed E-state index contributed by atoms with van der Waals surface area (Å²) in [7, 11) is 0. The molecule has 0 saturated carbocycles. The Morgan fingerprint density at radius 2 is 2.31 bits per heavy atom. The summed E-state index contributed by atoms with van der Waals surface area (Å²) in [6.45, 7) is 4.09. The number of anilines is 1. The predicted molar refractivity (Wildman–Crippen MR) is 67.1 cm³/mol. The van der Waals surface area contributed by atoms with Crippen LogP contribution in [0.5, 0.6) is 0 Å². The monoisotopic (exact) mass is 239 g/mol. The standard InChI is InChI=1S/C12H17NO2S/c1-9-7-10(16-2)3-4-11(9)13-5-6-15-12(14)8-13/h3-4,7,12,14H,5-6,8H2,1-2H3. The zero-order valence-corrected chi connectivity index (χ0v) is 10.5. The van der Waals surface area contributed by atoms with Gasteiger partial charge in [-0.15, -0.1) is 11.8 Å². The normalized spacial score (nSPS) is 21.2. The maximum atomic E-state index is 9.46. The van der Waals surface area contributed by atoms with Gasteiger partial charge in [0, 0.05) is 17.1 Å². The lowest BCUT2D eigenvalue weighted by Crippen LogP contribution is -2.42. The van der Waals surface area contributed by atoms with Gasteiger partial charge in [-0.05, 0) is 36.9 Å². The molecule has 88 valence electrons. The zero-order chi connectivity index (χ0) is 11.5. The molecule has 1 saturated heterocycles. The number of aliphatic hydroxyl groups is 1. The molecule has 4 heteroatoms. The van der Waals surface area contributed by atoms with Gasteiger partial charge < -0.3 is 14.7 Å². The van der Waals surface area contributed by atoms with Gasteiger partial charge in [0.25, 0.3) is 0 Å². The highest BCUT2D eigenvalue weighted by atomic mass is 32.2. The van der Waals surface area contributed by atoms with Gasteiger partial charge in [-0.2, -0.15) is 0 Å². The molecule has 0 aliphatic carbocycles. The number of β-amino-alcohol motifs (C(OH)–C–C–N with tert-alkyl or cyclic N) is 1.